The average molecular weight is 279 g/mol. The molecule has 1 heterocycles. The first kappa shape index (κ1) is 14.7. The van der Waals surface area contributed by atoms with Crippen LogP contribution in [0, 0.1) is 23.0 Å². The van der Waals surface area contributed by atoms with Gasteiger partial charge in [0, 0.05) is 26.2 Å². The number of rotatable bonds is 3. The first-order chi connectivity index (χ1) is 9.56. The van der Waals surface area contributed by atoms with Crippen LogP contribution >= 0.6 is 0 Å². The zero-order chi connectivity index (χ0) is 14.7. The number of hydrogen-bond acceptors (Lipinski definition) is 3. The lowest BCUT2D eigenvalue weighted by Crippen LogP contribution is -2.43. The van der Waals surface area contributed by atoms with Gasteiger partial charge in [-0.1, -0.05) is 6.92 Å². The van der Waals surface area contributed by atoms with E-state index in [-0.39, 0.29) is 17.3 Å². The van der Waals surface area contributed by atoms with E-state index >= 15 is 0 Å². The second kappa shape index (κ2) is 6.19. The molecule has 0 aliphatic carbocycles. The molecule has 3 nitrogen and oxygen atoms in total. The van der Waals surface area contributed by atoms with Crippen molar-refractivity contribution in [2.24, 2.45) is 0 Å². The topological polar surface area (TPSA) is 30.3 Å². The summed E-state index contributed by atoms with van der Waals surface area (Å²) < 4.78 is 28.0. The van der Waals surface area contributed by atoms with Gasteiger partial charge in [-0.25, -0.2) is 8.78 Å². The van der Waals surface area contributed by atoms with Crippen molar-refractivity contribution < 1.29 is 8.78 Å². The van der Waals surface area contributed by atoms with Gasteiger partial charge in [0.25, 0.3) is 0 Å². The number of anilines is 1. The second-order valence-corrected chi connectivity index (χ2v) is 5.18. The predicted octanol–water partition coefficient (Wildman–Crippen LogP) is 2.76. The number of benzene rings is 1. The van der Waals surface area contributed by atoms with Crippen LogP contribution in [0.5, 0.6) is 0 Å². The Morgan fingerprint density at radius 2 is 1.85 bits per heavy atom. The maximum atomic E-state index is 14.0. The van der Waals surface area contributed by atoms with Crippen molar-refractivity contribution in [2.75, 3.05) is 31.6 Å². The third-order valence-electron chi connectivity index (χ3n) is 4.05. The Morgan fingerprint density at radius 3 is 2.30 bits per heavy atom. The van der Waals surface area contributed by atoms with Gasteiger partial charge in [0.15, 0.2) is 11.6 Å². The predicted molar refractivity (Wildman–Crippen MR) is 74.6 cm³/mol. The number of likely N-dealkylation sites (tertiary alicyclic amines) is 1. The van der Waals surface area contributed by atoms with Crippen molar-refractivity contribution in [3.05, 3.63) is 29.3 Å². The lowest BCUT2D eigenvalue weighted by atomic mass is 10.0. The van der Waals surface area contributed by atoms with Gasteiger partial charge in [-0.3, -0.25) is 0 Å². The summed E-state index contributed by atoms with van der Waals surface area (Å²) in [6.45, 7) is 5.02. The van der Waals surface area contributed by atoms with Gasteiger partial charge in [-0.15, -0.1) is 0 Å². The summed E-state index contributed by atoms with van der Waals surface area (Å²) in [6.07, 6.45) is 1.78. The lowest BCUT2D eigenvalue weighted by molar-refractivity contribution is 0.220. The van der Waals surface area contributed by atoms with Crippen LogP contribution in [0.15, 0.2) is 12.1 Å². The first-order valence-corrected chi connectivity index (χ1v) is 6.91. The molecular weight excluding hydrogens is 260 g/mol. The van der Waals surface area contributed by atoms with E-state index < -0.39 is 11.6 Å². The summed E-state index contributed by atoms with van der Waals surface area (Å²) in [6, 6.07) is 4.08. The largest absolute Gasteiger partial charge is 0.367 e. The summed E-state index contributed by atoms with van der Waals surface area (Å²) in [5, 5.41) is 8.72. The fourth-order valence-electron chi connectivity index (χ4n) is 2.77. The molecule has 1 aromatic carbocycles. The smallest absolute Gasteiger partial charge is 0.150 e. The summed E-state index contributed by atoms with van der Waals surface area (Å²) in [5.74, 6) is -1.33. The second-order valence-electron chi connectivity index (χ2n) is 5.18. The molecule has 108 valence electrons. The maximum absolute atomic E-state index is 14.0. The van der Waals surface area contributed by atoms with E-state index in [4.69, 9.17) is 5.26 Å². The lowest BCUT2D eigenvalue weighted by Gasteiger charge is -2.37. The first-order valence-electron chi connectivity index (χ1n) is 6.91. The molecule has 0 spiro atoms. The molecule has 0 unspecified atom stereocenters. The minimum absolute atomic E-state index is 0.0120. The molecular formula is C15H19F2N3. The van der Waals surface area contributed by atoms with Gasteiger partial charge in [0.05, 0.1) is 11.6 Å². The molecule has 0 atom stereocenters. The van der Waals surface area contributed by atoms with Crippen molar-refractivity contribution in [2.45, 2.75) is 25.8 Å². The highest BCUT2D eigenvalue weighted by molar-refractivity contribution is 5.52. The SMILES string of the molecule is CCN1CCC(N(C)c2c(F)cc(C#N)cc2F)CC1. The van der Waals surface area contributed by atoms with E-state index in [9.17, 15) is 8.78 Å². The Morgan fingerprint density at radius 1 is 1.30 bits per heavy atom. The van der Waals surface area contributed by atoms with Crippen molar-refractivity contribution in [1.29, 1.82) is 5.26 Å². The van der Waals surface area contributed by atoms with Gasteiger partial charge >= 0.3 is 0 Å². The van der Waals surface area contributed by atoms with Crippen molar-refractivity contribution >= 4 is 5.69 Å². The fraction of sp³-hybridized carbons (Fsp3) is 0.533. The van der Waals surface area contributed by atoms with Crippen LogP contribution < -0.4 is 4.90 Å². The minimum atomic E-state index is -0.665. The van der Waals surface area contributed by atoms with E-state index in [1.165, 1.54) is 0 Å². The molecule has 0 bridgehead atoms. The number of nitrogens with zero attached hydrogens (tertiary/aromatic N) is 3. The molecule has 1 aliphatic rings. The molecule has 1 aromatic rings. The summed E-state index contributed by atoms with van der Waals surface area (Å²) in [4.78, 5) is 4.01. The molecule has 1 saturated heterocycles. The molecule has 1 aliphatic heterocycles. The molecule has 0 aromatic heterocycles. The molecule has 0 radical (unpaired) electrons. The van der Waals surface area contributed by atoms with Crippen LogP contribution in [0.3, 0.4) is 0 Å². The standard InChI is InChI=1S/C15H19F2N3/c1-3-20-6-4-12(5-7-20)19(2)15-13(16)8-11(10-18)9-14(15)17/h8-9,12H,3-7H2,1-2H3. The monoisotopic (exact) mass is 279 g/mol. The zero-order valence-corrected chi connectivity index (χ0v) is 11.9. The molecule has 0 amide bonds. The summed E-state index contributed by atoms with van der Waals surface area (Å²) in [5.41, 5.74) is -0.0168. The van der Waals surface area contributed by atoms with Gasteiger partial charge in [0.2, 0.25) is 0 Å². The summed E-state index contributed by atoms with van der Waals surface area (Å²) >= 11 is 0. The summed E-state index contributed by atoms with van der Waals surface area (Å²) in [7, 11) is 1.72. The minimum Gasteiger partial charge on any atom is -0.367 e. The Labute approximate surface area is 118 Å². The van der Waals surface area contributed by atoms with Crippen molar-refractivity contribution in [3.8, 4) is 6.07 Å². The van der Waals surface area contributed by atoms with E-state index in [0.717, 1.165) is 44.6 Å². The number of halogens is 2. The number of hydrogen-bond donors (Lipinski definition) is 0. The Hall–Kier alpha value is -1.67. The van der Waals surface area contributed by atoms with E-state index in [1.54, 1.807) is 18.0 Å². The van der Waals surface area contributed by atoms with Crippen LogP contribution in [0.1, 0.15) is 25.3 Å². The molecule has 0 N–H and O–H groups in total. The van der Waals surface area contributed by atoms with Gasteiger partial charge < -0.3 is 9.80 Å². The Bertz CT molecular complexity index is 493. The zero-order valence-electron chi connectivity index (χ0n) is 11.9. The fourth-order valence-corrected chi connectivity index (χ4v) is 2.77. The van der Waals surface area contributed by atoms with Gasteiger partial charge in [-0.2, -0.15) is 5.26 Å². The Kier molecular flexibility index (Phi) is 4.56. The highest BCUT2D eigenvalue weighted by Gasteiger charge is 2.25. The highest BCUT2D eigenvalue weighted by atomic mass is 19.1. The molecule has 0 saturated carbocycles. The van der Waals surface area contributed by atoms with Crippen LogP contribution in [0.2, 0.25) is 0 Å². The van der Waals surface area contributed by atoms with Gasteiger partial charge in [-0.05, 0) is 31.5 Å². The van der Waals surface area contributed by atoms with Crippen LogP contribution in [0.25, 0.3) is 0 Å². The number of nitriles is 1. The quantitative estimate of drug-likeness (QED) is 0.852. The van der Waals surface area contributed by atoms with Crippen molar-refractivity contribution in [1.82, 2.24) is 4.90 Å². The third kappa shape index (κ3) is 2.91. The van der Waals surface area contributed by atoms with Crippen LogP contribution in [-0.2, 0) is 0 Å². The normalized spacial score (nSPS) is 16.9. The van der Waals surface area contributed by atoms with Crippen LogP contribution in [-0.4, -0.2) is 37.6 Å². The molecule has 1 fully saturated rings. The highest BCUT2D eigenvalue weighted by Crippen LogP contribution is 2.28. The van der Waals surface area contributed by atoms with Crippen LogP contribution in [0.4, 0.5) is 14.5 Å². The molecule has 2 rings (SSSR count). The third-order valence-corrected chi connectivity index (χ3v) is 4.05. The number of piperidine rings is 1. The van der Waals surface area contributed by atoms with E-state index in [1.807, 2.05) is 0 Å². The average Bonchev–Trinajstić information content (AvgIpc) is 2.46. The Balaban J connectivity index is 2.18. The van der Waals surface area contributed by atoms with Gasteiger partial charge in [0.1, 0.15) is 5.69 Å². The molecule has 20 heavy (non-hydrogen) atoms. The van der Waals surface area contributed by atoms with E-state index in [2.05, 4.69) is 11.8 Å². The van der Waals surface area contributed by atoms with Crippen molar-refractivity contribution in [3.63, 3.8) is 0 Å². The maximum Gasteiger partial charge on any atom is 0.150 e. The molecule has 5 heteroatoms. The van der Waals surface area contributed by atoms with E-state index in [0.29, 0.717) is 0 Å².